The minimum Gasteiger partial charge on any atom is -0.453 e. The van der Waals surface area contributed by atoms with Crippen LogP contribution in [0.25, 0.3) is 5.70 Å². The van der Waals surface area contributed by atoms with Crippen LogP contribution >= 0.6 is 11.3 Å². The number of hydrazone groups is 1. The first-order valence-corrected chi connectivity index (χ1v) is 9.28. The molecule has 2 heterocycles. The highest BCUT2D eigenvalue weighted by Gasteiger charge is 2.20. The Morgan fingerprint density at radius 2 is 2.14 bits per heavy atom. The zero-order valence-electron chi connectivity index (χ0n) is 15.3. The third-order valence-corrected chi connectivity index (χ3v) is 4.61. The molecule has 0 atom stereocenters. The van der Waals surface area contributed by atoms with Crippen molar-refractivity contribution in [2.24, 2.45) is 10.1 Å². The van der Waals surface area contributed by atoms with Gasteiger partial charge < -0.3 is 4.74 Å². The number of amides is 1. The van der Waals surface area contributed by atoms with Crippen molar-refractivity contribution in [2.75, 3.05) is 12.4 Å². The van der Waals surface area contributed by atoms with Crippen LogP contribution in [0.5, 0.6) is 0 Å². The molecule has 2 aromatic rings. The topological polar surface area (TPSA) is 83.4 Å². The van der Waals surface area contributed by atoms with Gasteiger partial charge in [0.1, 0.15) is 0 Å². The molecule has 3 rings (SSSR count). The maximum absolute atomic E-state index is 12.5. The number of hydrogen-bond acceptors (Lipinski definition) is 7. The number of thiophene rings is 1. The van der Waals surface area contributed by atoms with Gasteiger partial charge >= 0.3 is 6.09 Å². The average molecular weight is 394 g/mol. The van der Waals surface area contributed by atoms with Crippen LogP contribution in [0, 0.1) is 0 Å². The fourth-order valence-corrected chi connectivity index (χ4v) is 3.15. The van der Waals surface area contributed by atoms with E-state index in [1.807, 2.05) is 17.5 Å². The van der Waals surface area contributed by atoms with Crippen LogP contribution in [0.2, 0.25) is 0 Å². The Morgan fingerprint density at radius 1 is 1.29 bits per heavy atom. The highest BCUT2D eigenvalue weighted by molar-refractivity contribution is 7.12. The number of nitrogens with zero attached hydrogens (tertiary/aromatic N) is 3. The summed E-state index contributed by atoms with van der Waals surface area (Å²) in [5.74, 6) is 0.265. The van der Waals surface area contributed by atoms with Gasteiger partial charge in [-0.3, -0.25) is 10.1 Å². The van der Waals surface area contributed by atoms with Crippen LogP contribution in [-0.2, 0) is 4.74 Å². The standard InChI is InChI=1S/C20H18N4O3S/c1-3-22-24-16(14-6-4-7-15(12-14)23-20(26)27-2)9-10-21-19(24)13-17(25)18-8-5-11-28-18/h3-13H,1-2H3,(H,23,26)/b19-13+,22-3-. The third kappa shape index (κ3) is 4.41. The van der Waals surface area contributed by atoms with E-state index in [-0.39, 0.29) is 5.78 Å². The summed E-state index contributed by atoms with van der Waals surface area (Å²) in [5, 5.41) is 10.4. The van der Waals surface area contributed by atoms with Gasteiger partial charge in [-0.15, -0.1) is 11.3 Å². The number of benzene rings is 1. The molecule has 0 saturated carbocycles. The fraction of sp³-hybridized carbons (Fsp3) is 0.100. The number of aliphatic imine (C=N–C) groups is 1. The normalized spacial score (nSPS) is 15.0. The second-order valence-corrected chi connectivity index (χ2v) is 6.50. The number of allylic oxidation sites excluding steroid dienone is 2. The Kier molecular flexibility index (Phi) is 6.13. The smallest absolute Gasteiger partial charge is 0.411 e. The van der Waals surface area contributed by atoms with Gasteiger partial charge in [-0.25, -0.2) is 14.8 Å². The Balaban J connectivity index is 1.94. The van der Waals surface area contributed by atoms with Crippen molar-refractivity contribution in [3.05, 3.63) is 70.2 Å². The predicted octanol–water partition coefficient (Wildman–Crippen LogP) is 4.38. The van der Waals surface area contributed by atoms with Crippen molar-refractivity contribution >= 4 is 47.0 Å². The van der Waals surface area contributed by atoms with Crippen LogP contribution in [0.1, 0.15) is 22.2 Å². The molecule has 1 aliphatic heterocycles. The fourth-order valence-electron chi connectivity index (χ4n) is 2.52. The van der Waals surface area contributed by atoms with Crippen LogP contribution in [0.4, 0.5) is 10.5 Å². The predicted molar refractivity (Wildman–Crippen MR) is 112 cm³/mol. The monoisotopic (exact) mass is 394 g/mol. The SMILES string of the molecule is C/C=N\N1C(c2cccc(NC(=O)OC)c2)=CC=N/C1=C\C(=O)c1cccs1. The Bertz CT molecular complexity index is 991. The van der Waals surface area contributed by atoms with E-state index in [9.17, 15) is 9.59 Å². The van der Waals surface area contributed by atoms with Gasteiger partial charge in [0.2, 0.25) is 0 Å². The maximum atomic E-state index is 12.5. The summed E-state index contributed by atoms with van der Waals surface area (Å²) in [6, 6.07) is 10.8. The van der Waals surface area contributed by atoms with Crippen molar-refractivity contribution in [3.63, 3.8) is 0 Å². The second-order valence-electron chi connectivity index (χ2n) is 5.56. The van der Waals surface area contributed by atoms with E-state index in [1.54, 1.807) is 54.7 Å². The van der Waals surface area contributed by atoms with Crippen LogP contribution in [-0.4, -0.2) is 36.4 Å². The molecule has 0 radical (unpaired) electrons. The quantitative estimate of drug-likeness (QED) is 0.463. The summed E-state index contributed by atoms with van der Waals surface area (Å²) in [4.78, 5) is 28.9. The molecule has 8 heteroatoms. The van der Waals surface area contributed by atoms with Crippen LogP contribution in [0.15, 0.2) is 69.8 Å². The number of nitrogens with one attached hydrogen (secondary N) is 1. The van der Waals surface area contributed by atoms with Crippen LogP contribution < -0.4 is 5.32 Å². The van der Waals surface area contributed by atoms with E-state index in [2.05, 4.69) is 20.1 Å². The highest BCUT2D eigenvalue weighted by atomic mass is 32.1. The molecule has 7 nitrogen and oxygen atoms in total. The molecular formula is C20H18N4O3S. The average Bonchev–Trinajstić information content (AvgIpc) is 3.24. The van der Waals surface area contributed by atoms with Gasteiger partial charge in [-0.1, -0.05) is 18.2 Å². The highest BCUT2D eigenvalue weighted by Crippen LogP contribution is 2.29. The minimum atomic E-state index is -0.554. The molecule has 0 saturated heterocycles. The zero-order chi connectivity index (χ0) is 19.9. The Labute approximate surface area is 166 Å². The summed E-state index contributed by atoms with van der Waals surface area (Å²) in [6.07, 6.45) is 5.93. The van der Waals surface area contributed by atoms with Gasteiger partial charge in [0.05, 0.1) is 17.7 Å². The molecule has 0 bridgehead atoms. The number of anilines is 1. The summed E-state index contributed by atoms with van der Waals surface area (Å²) in [5.41, 5.74) is 2.08. The third-order valence-electron chi connectivity index (χ3n) is 3.73. The van der Waals surface area contributed by atoms with Gasteiger partial charge in [0.25, 0.3) is 0 Å². The molecule has 0 spiro atoms. The largest absolute Gasteiger partial charge is 0.453 e. The van der Waals surface area contributed by atoms with Gasteiger partial charge in [-0.2, -0.15) is 5.10 Å². The first-order valence-electron chi connectivity index (χ1n) is 8.40. The lowest BCUT2D eigenvalue weighted by atomic mass is 10.1. The molecule has 0 aliphatic carbocycles. The Hall–Kier alpha value is -3.52. The van der Waals surface area contributed by atoms with E-state index in [0.717, 1.165) is 5.56 Å². The van der Waals surface area contributed by atoms with E-state index in [4.69, 9.17) is 0 Å². The summed E-state index contributed by atoms with van der Waals surface area (Å²) >= 11 is 1.37. The number of carbonyl (C=O) groups excluding carboxylic acids is 2. The maximum Gasteiger partial charge on any atom is 0.411 e. The molecule has 1 aliphatic rings. The van der Waals surface area contributed by atoms with E-state index in [1.165, 1.54) is 24.5 Å². The summed E-state index contributed by atoms with van der Waals surface area (Å²) < 4.78 is 4.63. The molecule has 1 amide bonds. The molecular weight excluding hydrogens is 376 g/mol. The molecule has 1 aromatic carbocycles. The molecule has 1 N–H and O–H groups in total. The lowest BCUT2D eigenvalue weighted by Gasteiger charge is -2.25. The number of ketones is 1. The Morgan fingerprint density at radius 3 is 2.86 bits per heavy atom. The summed E-state index contributed by atoms with van der Waals surface area (Å²) in [7, 11) is 1.30. The lowest BCUT2D eigenvalue weighted by molar-refractivity contribution is 0.104. The first kappa shape index (κ1) is 19.2. The van der Waals surface area contributed by atoms with Crippen molar-refractivity contribution in [1.29, 1.82) is 0 Å². The molecule has 0 unspecified atom stereocenters. The van der Waals surface area contributed by atoms with E-state index in [0.29, 0.717) is 22.1 Å². The minimum absolute atomic E-state index is 0.138. The molecule has 1 aromatic heterocycles. The number of methoxy groups -OCH3 is 1. The van der Waals surface area contributed by atoms with Gasteiger partial charge in [0, 0.05) is 29.8 Å². The van der Waals surface area contributed by atoms with Crippen molar-refractivity contribution < 1.29 is 14.3 Å². The summed E-state index contributed by atoms with van der Waals surface area (Å²) in [6.45, 7) is 1.78. The van der Waals surface area contributed by atoms with Crippen molar-refractivity contribution in [1.82, 2.24) is 5.01 Å². The number of ether oxygens (including phenoxy) is 1. The van der Waals surface area contributed by atoms with Gasteiger partial charge in [0.15, 0.2) is 11.6 Å². The number of hydrogen-bond donors (Lipinski definition) is 1. The molecule has 142 valence electrons. The van der Waals surface area contributed by atoms with Crippen molar-refractivity contribution in [3.8, 4) is 0 Å². The molecule has 0 fully saturated rings. The molecule has 28 heavy (non-hydrogen) atoms. The second kappa shape index (κ2) is 8.92. The first-order chi connectivity index (χ1) is 13.6. The van der Waals surface area contributed by atoms with Crippen molar-refractivity contribution in [2.45, 2.75) is 6.92 Å². The van der Waals surface area contributed by atoms with Gasteiger partial charge in [-0.05, 0) is 36.6 Å². The number of carbonyl (C=O) groups is 2. The van der Waals surface area contributed by atoms with E-state index >= 15 is 0 Å². The van der Waals surface area contributed by atoms with Crippen LogP contribution in [0.3, 0.4) is 0 Å². The number of rotatable bonds is 5. The van der Waals surface area contributed by atoms with E-state index < -0.39 is 6.09 Å². The zero-order valence-corrected chi connectivity index (χ0v) is 16.1. The lowest BCUT2D eigenvalue weighted by Crippen LogP contribution is -2.19.